The van der Waals surface area contributed by atoms with Crippen molar-refractivity contribution in [3.05, 3.63) is 23.7 Å². The quantitative estimate of drug-likeness (QED) is 0.146. The third kappa shape index (κ3) is 5.49. The van der Waals surface area contributed by atoms with Gasteiger partial charge in [0, 0.05) is 29.5 Å². The number of aliphatic carboxylic acids is 1. The number of hydrogen-bond donors (Lipinski definition) is 2. The summed E-state index contributed by atoms with van der Waals surface area (Å²) in [6.07, 6.45) is 1.54. The van der Waals surface area contributed by atoms with E-state index in [0.717, 1.165) is 0 Å². The Kier molecular flexibility index (Phi) is 8.99. The Bertz CT molecular complexity index is 949. The second-order valence-electron chi connectivity index (χ2n) is 7.12. The molecule has 2 aromatic heterocycles. The molecular weight excluding hydrogens is 505 g/mol. The van der Waals surface area contributed by atoms with Gasteiger partial charge in [0.05, 0.1) is 18.6 Å². The SMILES string of the molecule is O=C(CC[S+]([O-])c1cccs1)NC1C(=O)N2CC(CSc3cnn[nH]3)(C(=O)[O-])CS[C@H]12.[Na+]. The summed E-state index contributed by atoms with van der Waals surface area (Å²) in [7, 11) is 0. The number of hydrogen-bond acceptors (Lipinski definition) is 10. The maximum atomic E-state index is 12.6. The molecule has 3 unspecified atom stereocenters. The van der Waals surface area contributed by atoms with E-state index in [1.165, 1.54) is 46.0 Å². The average Bonchev–Trinajstić information content (AvgIpc) is 3.48. The van der Waals surface area contributed by atoms with Gasteiger partial charge < -0.3 is 24.7 Å². The number of thioether (sulfide) groups is 2. The molecule has 2 amide bonds. The Morgan fingerprint density at radius 2 is 2.28 bits per heavy atom. The molecule has 2 N–H and O–H groups in total. The van der Waals surface area contributed by atoms with Crippen LogP contribution < -0.4 is 40.0 Å². The van der Waals surface area contributed by atoms with Gasteiger partial charge in [-0.05, 0) is 22.6 Å². The molecule has 166 valence electrons. The molecule has 2 fully saturated rings. The normalized spacial score (nSPS) is 25.3. The van der Waals surface area contributed by atoms with Crippen LogP contribution in [0.15, 0.2) is 32.9 Å². The molecule has 32 heavy (non-hydrogen) atoms. The zero-order valence-corrected chi connectivity index (χ0v) is 22.3. The van der Waals surface area contributed by atoms with Crippen molar-refractivity contribution in [1.82, 2.24) is 25.6 Å². The molecule has 0 radical (unpaired) electrons. The second-order valence-corrected chi connectivity index (χ2v) is 12.0. The third-order valence-electron chi connectivity index (χ3n) is 5.03. The number of aromatic nitrogens is 3. The van der Waals surface area contributed by atoms with Crippen molar-refractivity contribution in [2.24, 2.45) is 5.41 Å². The van der Waals surface area contributed by atoms with E-state index < -0.39 is 28.6 Å². The van der Waals surface area contributed by atoms with Gasteiger partial charge in [-0.2, -0.15) is 0 Å². The van der Waals surface area contributed by atoms with Crippen molar-refractivity contribution in [2.75, 3.05) is 23.8 Å². The topological polar surface area (TPSA) is 154 Å². The smallest absolute Gasteiger partial charge is 0.611 e. The molecule has 0 saturated carbocycles. The molecule has 10 nitrogen and oxygen atoms in total. The van der Waals surface area contributed by atoms with E-state index in [0.29, 0.717) is 9.24 Å². The van der Waals surface area contributed by atoms with Crippen molar-refractivity contribution in [3.8, 4) is 0 Å². The molecule has 2 aliphatic rings. The summed E-state index contributed by atoms with van der Waals surface area (Å²) in [4.78, 5) is 38.2. The van der Waals surface area contributed by atoms with E-state index in [1.54, 1.807) is 12.1 Å². The van der Waals surface area contributed by atoms with Crippen LogP contribution in [-0.2, 0) is 25.6 Å². The van der Waals surface area contributed by atoms with E-state index >= 15 is 0 Å². The Hall–Kier alpha value is -0.740. The van der Waals surface area contributed by atoms with Crippen molar-refractivity contribution in [1.29, 1.82) is 0 Å². The Labute approximate surface area is 221 Å². The molecule has 2 aliphatic heterocycles. The molecule has 4 heterocycles. The zero-order valence-electron chi connectivity index (χ0n) is 17.0. The first-order chi connectivity index (χ1) is 14.9. The van der Waals surface area contributed by atoms with E-state index in [4.69, 9.17) is 0 Å². The summed E-state index contributed by atoms with van der Waals surface area (Å²) in [6.45, 7) is 0.0230. The number of fused-ring (bicyclic) bond motifs is 1. The Morgan fingerprint density at radius 1 is 1.47 bits per heavy atom. The number of β-lactam (4-membered cyclic amide) rings is 1. The van der Waals surface area contributed by atoms with Crippen LogP contribution in [0.25, 0.3) is 0 Å². The minimum absolute atomic E-state index is 0. The standard InChI is InChI=1S/C17H19N5O5S4.Na/c23-10(3-5-31(27)12-2-1-4-28-12)19-13-14(24)22-7-17(16(25)26,9-30-15(13)22)8-29-11-6-18-21-20-11;/h1-2,4,6,13,15H,3,5,7-9H2,(H,19,23)(H,25,26)(H,18,20,21);/q;+1/p-1/t13?,15-,17?,31?;/m1./s1. The average molecular weight is 524 g/mol. The molecule has 0 spiro atoms. The number of amides is 2. The number of aromatic amines is 1. The number of nitrogens with zero attached hydrogens (tertiary/aromatic N) is 3. The molecule has 4 rings (SSSR count). The summed E-state index contributed by atoms with van der Waals surface area (Å²) < 4.78 is 12.9. The minimum Gasteiger partial charge on any atom is -0.611 e. The van der Waals surface area contributed by atoms with Crippen LogP contribution >= 0.6 is 34.9 Å². The first kappa shape index (κ1) is 25.9. The van der Waals surface area contributed by atoms with Crippen molar-refractivity contribution >= 4 is 63.8 Å². The molecule has 2 aromatic rings. The fourth-order valence-electron chi connectivity index (χ4n) is 3.30. The summed E-state index contributed by atoms with van der Waals surface area (Å²) >= 11 is 2.70. The van der Waals surface area contributed by atoms with E-state index in [-0.39, 0.29) is 77.0 Å². The minimum atomic E-state index is -1.25. The first-order valence-electron chi connectivity index (χ1n) is 9.23. The number of rotatable bonds is 9. The fraction of sp³-hybridized carbons (Fsp3) is 0.471. The predicted molar refractivity (Wildman–Crippen MR) is 115 cm³/mol. The Balaban J connectivity index is 0.00000289. The van der Waals surface area contributed by atoms with E-state index in [2.05, 4.69) is 20.7 Å². The van der Waals surface area contributed by atoms with Crippen LogP contribution in [0, 0.1) is 5.41 Å². The molecule has 2 saturated heterocycles. The molecule has 15 heteroatoms. The van der Waals surface area contributed by atoms with Gasteiger partial charge in [0.25, 0.3) is 0 Å². The third-order valence-corrected chi connectivity index (χ3v) is 10.5. The van der Waals surface area contributed by atoms with Crippen molar-refractivity contribution < 1.29 is 53.6 Å². The van der Waals surface area contributed by atoms with Crippen LogP contribution in [0.2, 0.25) is 0 Å². The van der Waals surface area contributed by atoms with Gasteiger partial charge >= 0.3 is 29.6 Å². The number of nitrogens with one attached hydrogen (secondary N) is 2. The van der Waals surface area contributed by atoms with Gasteiger partial charge in [-0.15, -0.1) is 28.6 Å². The summed E-state index contributed by atoms with van der Waals surface area (Å²) in [5, 5.41) is 26.7. The van der Waals surface area contributed by atoms with Gasteiger partial charge in [0.1, 0.15) is 22.2 Å². The van der Waals surface area contributed by atoms with Crippen LogP contribution in [0.1, 0.15) is 6.42 Å². The van der Waals surface area contributed by atoms with Gasteiger partial charge in [-0.25, -0.2) is 0 Å². The number of H-pyrrole nitrogens is 1. The molecule has 0 aromatic carbocycles. The van der Waals surface area contributed by atoms with Crippen LogP contribution in [0.5, 0.6) is 0 Å². The molecule has 0 bridgehead atoms. The van der Waals surface area contributed by atoms with E-state index in [9.17, 15) is 24.0 Å². The Morgan fingerprint density at radius 3 is 2.94 bits per heavy atom. The summed E-state index contributed by atoms with van der Waals surface area (Å²) in [5.74, 6) is -1.23. The monoisotopic (exact) mass is 523 g/mol. The number of carboxylic acid groups (broad SMARTS) is 1. The summed E-state index contributed by atoms with van der Waals surface area (Å²) in [6, 6.07) is 2.86. The first-order valence-corrected chi connectivity index (χ1v) is 13.5. The van der Waals surface area contributed by atoms with Crippen molar-refractivity contribution in [2.45, 2.75) is 27.1 Å². The predicted octanol–water partition coefficient (Wildman–Crippen LogP) is -3.70. The molecule has 4 atom stereocenters. The van der Waals surface area contributed by atoms with Gasteiger partial charge in [0.2, 0.25) is 16.0 Å². The maximum absolute atomic E-state index is 12.6. The fourth-order valence-corrected chi connectivity index (χ4v) is 8.03. The zero-order chi connectivity index (χ0) is 22.0. The number of carbonyl (C=O) groups excluding carboxylic acids is 3. The number of carboxylic acids is 1. The van der Waals surface area contributed by atoms with Gasteiger partial charge in [-0.1, -0.05) is 16.6 Å². The molecular formula is C17H18N5NaO5S4. The number of thiophene rings is 1. The van der Waals surface area contributed by atoms with Crippen molar-refractivity contribution in [3.63, 3.8) is 0 Å². The van der Waals surface area contributed by atoms with Crippen LogP contribution in [0.3, 0.4) is 0 Å². The maximum Gasteiger partial charge on any atom is 1.00 e. The van der Waals surface area contributed by atoms with E-state index in [1.807, 2.05) is 5.38 Å². The molecule has 0 aliphatic carbocycles. The second kappa shape index (κ2) is 11.1. The largest absolute Gasteiger partial charge is 1.00 e. The van der Waals surface area contributed by atoms with Crippen LogP contribution in [0.4, 0.5) is 0 Å². The van der Waals surface area contributed by atoms with Crippen LogP contribution in [-0.4, -0.2) is 77.9 Å². The van der Waals surface area contributed by atoms with Gasteiger partial charge in [-0.3, -0.25) is 14.7 Å². The summed E-state index contributed by atoms with van der Waals surface area (Å²) in [5.41, 5.74) is -1.21. The number of carbonyl (C=O) groups is 3. The van der Waals surface area contributed by atoms with Gasteiger partial charge in [0.15, 0.2) is 0 Å².